The van der Waals surface area contributed by atoms with Gasteiger partial charge in [0.15, 0.2) is 11.2 Å². The first-order chi connectivity index (χ1) is 8.79. The minimum atomic E-state index is -0.0934. The maximum atomic E-state index is 12.1. The van der Waals surface area contributed by atoms with E-state index < -0.39 is 0 Å². The molecule has 3 rings (SSSR count). The van der Waals surface area contributed by atoms with E-state index >= 15 is 0 Å². The van der Waals surface area contributed by atoms with Gasteiger partial charge in [-0.2, -0.15) is 5.10 Å². The fourth-order valence-electron chi connectivity index (χ4n) is 1.84. The van der Waals surface area contributed by atoms with E-state index in [0.29, 0.717) is 23.5 Å². The summed E-state index contributed by atoms with van der Waals surface area (Å²) < 4.78 is 1.58. The van der Waals surface area contributed by atoms with Crippen LogP contribution >= 0.6 is 0 Å². The van der Waals surface area contributed by atoms with Crippen molar-refractivity contribution in [1.29, 1.82) is 0 Å². The summed E-state index contributed by atoms with van der Waals surface area (Å²) in [5, 5.41) is 6.55. The average molecular weight is 244 g/mol. The number of nitrogens with zero attached hydrogens (tertiary/aromatic N) is 4. The van der Waals surface area contributed by atoms with Crippen LogP contribution in [0.4, 0.5) is 0 Å². The highest BCUT2D eigenvalue weighted by molar-refractivity contribution is 5.74. The van der Waals surface area contributed by atoms with Crippen LogP contribution in [0.5, 0.6) is 0 Å². The van der Waals surface area contributed by atoms with Crippen molar-refractivity contribution in [1.82, 2.24) is 29.7 Å². The van der Waals surface area contributed by atoms with Crippen molar-refractivity contribution in [3.8, 4) is 11.4 Å². The van der Waals surface area contributed by atoms with Crippen LogP contribution in [-0.2, 0) is 6.54 Å². The summed E-state index contributed by atoms with van der Waals surface area (Å²) in [4.78, 5) is 23.6. The van der Waals surface area contributed by atoms with Crippen LogP contribution in [0, 0.1) is 0 Å². The highest BCUT2D eigenvalue weighted by Crippen LogP contribution is 2.15. The standard InChI is InChI=1S/C11H12N6O/c1-2-3-17-6-12-10-8(11(17)18)15-9(16-10)7-4-13-14-5-7/h4-6H,2-3H2,1H3,(H,13,14)(H,15,16). The van der Waals surface area contributed by atoms with Gasteiger partial charge in [-0.1, -0.05) is 6.92 Å². The van der Waals surface area contributed by atoms with Crippen LogP contribution in [0.15, 0.2) is 23.5 Å². The molecule has 7 heteroatoms. The van der Waals surface area contributed by atoms with E-state index in [1.54, 1.807) is 17.0 Å². The molecule has 0 unspecified atom stereocenters. The van der Waals surface area contributed by atoms with Crippen molar-refractivity contribution >= 4 is 11.2 Å². The molecular formula is C11H12N6O. The summed E-state index contributed by atoms with van der Waals surface area (Å²) in [6.07, 6.45) is 5.77. The summed E-state index contributed by atoms with van der Waals surface area (Å²) in [5.41, 5.74) is 1.57. The molecule has 0 spiro atoms. The first kappa shape index (κ1) is 10.7. The van der Waals surface area contributed by atoms with Crippen molar-refractivity contribution in [2.75, 3.05) is 0 Å². The molecule has 0 fully saturated rings. The van der Waals surface area contributed by atoms with Gasteiger partial charge in [0, 0.05) is 12.7 Å². The molecule has 3 aromatic heterocycles. The third-order valence-corrected chi connectivity index (χ3v) is 2.72. The lowest BCUT2D eigenvalue weighted by Crippen LogP contribution is -2.20. The minimum absolute atomic E-state index is 0.0934. The second-order valence-electron chi connectivity index (χ2n) is 4.01. The van der Waals surface area contributed by atoms with E-state index in [2.05, 4.69) is 25.1 Å². The molecule has 3 heterocycles. The van der Waals surface area contributed by atoms with Gasteiger partial charge < -0.3 is 4.98 Å². The van der Waals surface area contributed by atoms with Gasteiger partial charge in [-0.15, -0.1) is 0 Å². The molecule has 18 heavy (non-hydrogen) atoms. The van der Waals surface area contributed by atoms with Gasteiger partial charge in [0.25, 0.3) is 5.56 Å². The van der Waals surface area contributed by atoms with Crippen molar-refractivity contribution in [2.45, 2.75) is 19.9 Å². The number of fused-ring (bicyclic) bond motifs is 1. The summed E-state index contributed by atoms with van der Waals surface area (Å²) in [7, 11) is 0. The Morgan fingerprint density at radius 1 is 1.44 bits per heavy atom. The molecule has 0 aliphatic rings. The predicted molar refractivity (Wildman–Crippen MR) is 66.0 cm³/mol. The number of aromatic amines is 2. The lowest BCUT2D eigenvalue weighted by atomic mass is 10.3. The molecule has 0 aromatic carbocycles. The number of rotatable bonds is 3. The Hall–Kier alpha value is -2.44. The molecule has 0 amide bonds. The maximum absolute atomic E-state index is 12.1. The minimum Gasteiger partial charge on any atom is -0.332 e. The van der Waals surface area contributed by atoms with Crippen molar-refractivity contribution in [3.05, 3.63) is 29.1 Å². The van der Waals surface area contributed by atoms with Gasteiger partial charge >= 0.3 is 0 Å². The highest BCUT2D eigenvalue weighted by Gasteiger charge is 2.11. The fraction of sp³-hybridized carbons (Fsp3) is 0.273. The topological polar surface area (TPSA) is 92.2 Å². The number of hydrogen-bond acceptors (Lipinski definition) is 4. The zero-order valence-corrected chi connectivity index (χ0v) is 9.84. The molecule has 0 aliphatic heterocycles. The summed E-state index contributed by atoms with van der Waals surface area (Å²) >= 11 is 0. The number of imidazole rings is 1. The highest BCUT2D eigenvalue weighted by atomic mass is 16.1. The maximum Gasteiger partial charge on any atom is 0.279 e. The molecule has 0 radical (unpaired) electrons. The van der Waals surface area contributed by atoms with E-state index in [4.69, 9.17) is 0 Å². The number of hydrogen-bond donors (Lipinski definition) is 2. The quantitative estimate of drug-likeness (QED) is 0.716. The van der Waals surface area contributed by atoms with E-state index in [1.165, 1.54) is 6.33 Å². The Kier molecular flexibility index (Phi) is 2.44. The lowest BCUT2D eigenvalue weighted by Gasteiger charge is -2.00. The third-order valence-electron chi connectivity index (χ3n) is 2.72. The molecule has 0 saturated carbocycles. The number of aryl methyl sites for hydroxylation is 1. The van der Waals surface area contributed by atoms with Crippen molar-refractivity contribution in [2.24, 2.45) is 0 Å². The first-order valence-electron chi connectivity index (χ1n) is 5.74. The Labute approximate surface area is 102 Å². The second-order valence-corrected chi connectivity index (χ2v) is 4.01. The number of H-pyrrole nitrogens is 2. The van der Waals surface area contributed by atoms with Crippen LogP contribution in [0.25, 0.3) is 22.6 Å². The molecular weight excluding hydrogens is 232 g/mol. The van der Waals surface area contributed by atoms with Crippen LogP contribution in [0.1, 0.15) is 13.3 Å². The van der Waals surface area contributed by atoms with Gasteiger partial charge in [-0.25, -0.2) is 9.97 Å². The monoisotopic (exact) mass is 244 g/mol. The van der Waals surface area contributed by atoms with Gasteiger partial charge in [-0.3, -0.25) is 14.5 Å². The van der Waals surface area contributed by atoms with E-state index in [1.807, 2.05) is 6.92 Å². The van der Waals surface area contributed by atoms with Gasteiger partial charge in [0.2, 0.25) is 0 Å². The SMILES string of the molecule is CCCn1cnc2nc(-c3cn[nH]c3)[nH]c2c1=O. The average Bonchev–Trinajstić information content (AvgIpc) is 3.00. The van der Waals surface area contributed by atoms with Crippen molar-refractivity contribution < 1.29 is 0 Å². The molecule has 2 N–H and O–H groups in total. The molecule has 7 nitrogen and oxygen atoms in total. The van der Waals surface area contributed by atoms with E-state index in [-0.39, 0.29) is 5.56 Å². The summed E-state index contributed by atoms with van der Waals surface area (Å²) in [6.45, 7) is 2.67. The Bertz CT molecular complexity index is 724. The zero-order chi connectivity index (χ0) is 12.5. The number of aromatic nitrogens is 6. The Morgan fingerprint density at radius 2 is 2.33 bits per heavy atom. The molecule has 0 saturated heterocycles. The van der Waals surface area contributed by atoms with Crippen LogP contribution in [-0.4, -0.2) is 29.7 Å². The van der Waals surface area contributed by atoms with Crippen LogP contribution < -0.4 is 5.56 Å². The van der Waals surface area contributed by atoms with Crippen LogP contribution in [0.3, 0.4) is 0 Å². The lowest BCUT2D eigenvalue weighted by molar-refractivity contribution is 0.647. The van der Waals surface area contributed by atoms with Gasteiger partial charge in [-0.05, 0) is 6.42 Å². The first-order valence-corrected chi connectivity index (χ1v) is 5.74. The van der Waals surface area contributed by atoms with Crippen molar-refractivity contribution in [3.63, 3.8) is 0 Å². The largest absolute Gasteiger partial charge is 0.332 e. The fourth-order valence-corrected chi connectivity index (χ4v) is 1.84. The smallest absolute Gasteiger partial charge is 0.279 e. The molecule has 0 bridgehead atoms. The zero-order valence-electron chi connectivity index (χ0n) is 9.84. The molecule has 0 aliphatic carbocycles. The van der Waals surface area contributed by atoms with Crippen LogP contribution in [0.2, 0.25) is 0 Å². The molecule has 0 atom stereocenters. The normalized spacial score (nSPS) is 11.2. The Morgan fingerprint density at radius 3 is 3.06 bits per heavy atom. The Balaban J connectivity index is 2.18. The summed E-state index contributed by atoms with van der Waals surface area (Å²) in [6, 6.07) is 0. The second kappa shape index (κ2) is 4.10. The summed E-state index contributed by atoms with van der Waals surface area (Å²) in [5.74, 6) is 0.595. The third kappa shape index (κ3) is 1.60. The van der Waals surface area contributed by atoms with Gasteiger partial charge in [0.05, 0.1) is 11.8 Å². The molecule has 3 aromatic rings. The van der Waals surface area contributed by atoms with Gasteiger partial charge in [0.1, 0.15) is 12.2 Å². The van der Waals surface area contributed by atoms with E-state index in [9.17, 15) is 4.79 Å². The van der Waals surface area contributed by atoms with E-state index in [0.717, 1.165) is 12.0 Å². The predicted octanol–water partition coefficient (Wildman–Crippen LogP) is 0.920. The number of nitrogens with one attached hydrogen (secondary N) is 2. The molecule has 92 valence electrons.